The van der Waals surface area contributed by atoms with E-state index in [4.69, 9.17) is 0 Å². The van der Waals surface area contributed by atoms with Crippen LogP contribution in [0.5, 0.6) is 0 Å². The van der Waals surface area contributed by atoms with Gasteiger partial charge in [0.15, 0.2) is 5.17 Å². The Morgan fingerprint density at radius 1 is 1.07 bits per heavy atom. The fraction of sp³-hybridized carbons (Fsp3) is 0.318. The highest BCUT2D eigenvalue weighted by molar-refractivity contribution is 8.15. The Balaban J connectivity index is 1.60. The van der Waals surface area contributed by atoms with Crippen LogP contribution in [-0.2, 0) is 16.6 Å². The van der Waals surface area contributed by atoms with Gasteiger partial charge in [0.2, 0.25) is 5.91 Å². The van der Waals surface area contributed by atoms with Crippen LogP contribution in [0.15, 0.2) is 58.7 Å². The van der Waals surface area contributed by atoms with Gasteiger partial charge in [-0.3, -0.25) is 4.79 Å². The number of carbonyl (C=O) groups is 1. The lowest BCUT2D eigenvalue weighted by atomic mass is 9.87. The van der Waals surface area contributed by atoms with Gasteiger partial charge in [-0.1, -0.05) is 86.6 Å². The summed E-state index contributed by atoms with van der Waals surface area (Å²) in [7, 11) is 0. The molecule has 1 amide bonds. The van der Waals surface area contributed by atoms with Gasteiger partial charge in [0.1, 0.15) is 0 Å². The predicted molar refractivity (Wildman–Crippen MR) is 115 cm³/mol. The Bertz CT molecular complexity index is 862. The first-order valence-corrected chi connectivity index (χ1v) is 9.94. The minimum absolute atomic E-state index is 0.0101. The molecular formula is C22H25N3OS. The minimum atomic E-state index is -0.160. The summed E-state index contributed by atoms with van der Waals surface area (Å²) in [6, 6.07) is 16.6. The molecule has 4 nitrogen and oxygen atoms in total. The highest BCUT2D eigenvalue weighted by atomic mass is 32.2. The van der Waals surface area contributed by atoms with E-state index in [0.717, 1.165) is 11.1 Å². The van der Waals surface area contributed by atoms with Crippen LogP contribution in [0.4, 0.5) is 0 Å². The average molecular weight is 380 g/mol. The number of hydrogen-bond acceptors (Lipinski definition) is 4. The number of carbonyl (C=O) groups excluding carboxylic acids is 1. The number of hydrogen-bond donors (Lipinski definition) is 1. The highest BCUT2D eigenvalue weighted by Gasteiger charge is 2.30. The van der Waals surface area contributed by atoms with Gasteiger partial charge in [-0.2, -0.15) is 5.10 Å². The van der Waals surface area contributed by atoms with Gasteiger partial charge in [-0.25, -0.2) is 0 Å². The summed E-state index contributed by atoms with van der Waals surface area (Å²) >= 11 is 1.43. The van der Waals surface area contributed by atoms with E-state index in [-0.39, 0.29) is 16.6 Å². The van der Waals surface area contributed by atoms with Crippen molar-refractivity contribution >= 4 is 29.1 Å². The molecule has 1 aliphatic rings. The molecule has 1 N–H and O–H groups in total. The molecule has 0 bridgehead atoms. The zero-order valence-electron chi connectivity index (χ0n) is 16.2. The molecule has 1 saturated heterocycles. The molecule has 27 heavy (non-hydrogen) atoms. The van der Waals surface area contributed by atoms with Crippen molar-refractivity contribution in [3.05, 3.63) is 70.8 Å². The smallest absolute Gasteiger partial charge is 0.239 e. The molecule has 3 rings (SSSR count). The fourth-order valence-electron chi connectivity index (χ4n) is 2.74. The van der Waals surface area contributed by atoms with Gasteiger partial charge in [-0.15, -0.1) is 5.10 Å². The van der Waals surface area contributed by atoms with E-state index in [1.807, 2.05) is 12.1 Å². The first kappa shape index (κ1) is 19.4. The number of rotatable bonds is 4. The Labute approximate surface area is 165 Å². The van der Waals surface area contributed by atoms with Crippen molar-refractivity contribution in [2.45, 2.75) is 44.8 Å². The lowest BCUT2D eigenvalue weighted by Gasteiger charge is -2.18. The monoisotopic (exact) mass is 379 g/mol. The second-order valence-electron chi connectivity index (χ2n) is 7.81. The Morgan fingerprint density at radius 2 is 1.74 bits per heavy atom. The molecule has 1 fully saturated rings. The van der Waals surface area contributed by atoms with E-state index in [2.05, 4.69) is 79.6 Å². The van der Waals surface area contributed by atoms with Crippen molar-refractivity contribution in [3.8, 4) is 0 Å². The summed E-state index contributed by atoms with van der Waals surface area (Å²) in [5, 5.41) is 11.5. The van der Waals surface area contributed by atoms with Gasteiger partial charge in [0.25, 0.3) is 0 Å². The van der Waals surface area contributed by atoms with E-state index in [1.54, 1.807) is 6.21 Å². The Kier molecular flexibility index (Phi) is 5.80. The molecular weight excluding hydrogens is 354 g/mol. The molecule has 2 aromatic rings. The van der Waals surface area contributed by atoms with Crippen LogP contribution in [0.25, 0.3) is 0 Å². The zero-order chi connectivity index (χ0) is 19.4. The first-order valence-electron chi connectivity index (χ1n) is 9.06. The number of amides is 1. The molecule has 1 atom stereocenters. The van der Waals surface area contributed by atoms with Crippen molar-refractivity contribution in [2.75, 3.05) is 0 Å². The van der Waals surface area contributed by atoms with Crippen LogP contribution in [-0.4, -0.2) is 22.5 Å². The molecule has 0 aliphatic carbocycles. The van der Waals surface area contributed by atoms with Crippen LogP contribution < -0.4 is 5.32 Å². The Hall–Kier alpha value is -2.40. The third kappa shape index (κ3) is 5.30. The summed E-state index contributed by atoms with van der Waals surface area (Å²) < 4.78 is 0. The van der Waals surface area contributed by atoms with E-state index in [9.17, 15) is 4.79 Å². The number of thioether (sulfide) groups is 1. The molecule has 2 aromatic carbocycles. The van der Waals surface area contributed by atoms with Crippen molar-refractivity contribution in [2.24, 2.45) is 10.2 Å². The normalized spacial score (nSPS) is 19.0. The van der Waals surface area contributed by atoms with Gasteiger partial charge < -0.3 is 5.32 Å². The first-order chi connectivity index (χ1) is 12.8. The molecule has 5 heteroatoms. The molecule has 0 radical (unpaired) electrons. The maximum absolute atomic E-state index is 12.2. The van der Waals surface area contributed by atoms with Crippen LogP contribution in [0.1, 0.15) is 43.0 Å². The minimum Gasteiger partial charge on any atom is -0.303 e. The number of nitrogens with zero attached hydrogens (tertiary/aromatic N) is 2. The summed E-state index contributed by atoms with van der Waals surface area (Å²) in [5.41, 5.74) is 4.76. The van der Waals surface area contributed by atoms with Gasteiger partial charge in [0, 0.05) is 0 Å². The summed E-state index contributed by atoms with van der Waals surface area (Å²) in [6.45, 7) is 8.62. The third-order valence-electron chi connectivity index (χ3n) is 4.45. The topological polar surface area (TPSA) is 53.8 Å². The van der Waals surface area contributed by atoms with Crippen LogP contribution in [0, 0.1) is 6.92 Å². The van der Waals surface area contributed by atoms with Crippen molar-refractivity contribution in [1.29, 1.82) is 0 Å². The van der Waals surface area contributed by atoms with Gasteiger partial charge >= 0.3 is 0 Å². The summed E-state index contributed by atoms with van der Waals surface area (Å²) in [6.07, 6.45) is 2.40. The van der Waals surface area contributed by atoms with Crippen molar-refractivity contribution in [1.82, 2.24) is 5.32 Å². The second-order valence-corrected chi connectivity index (χ2v) is 9.00. The summed E-state index contributed by atoms with van der Waals surface area (Å²) in [5.74, 6) is -0.0101. The van der Waals surface area contributed by atoms with Crippen LogP contribution in [0.3, 0.4) is 0 Å². The molecule has 0 aromatic heterocycles. The maximum Gasteiger partial charge on any atom is 0.239 e. The molecule has 1 aliphatic heterocycles. The van der Waals surface area contributed by atoms with E-state index < -0.39 is 0 Å². The average Bonchev–Trinajstić information content (AvgIpc) is 2.96. The SMILES string of the molecule is Cc1ccc(CC2S/C(=N/N=C/c3ccc(C(C)(C)C)cc3)NC2=O)cc1. The molecule has 1 heterocycles. The molecule has 1 unspecified atom stereocenters. The predicted octanol–water partition coefficient (Wildman–Crippen LogP) is 4.46. The van der Waals surface area contributed by atoms with Crippen molar-refractivity contribution in [3.63, 3.8) is 0 Å². The lowest BCUT2D eigenvalue weighted by molar-refractivity contribution is -0.118. The van der Waals surface area contributed by atoms with Gasteiger partial charge in [0.05, 0.1) is 11.5 Å². The molecule has 140 valence electrons. The number of amidine groups is 1. The van der Waals surface area contributed by atoms with E-state index >= 15 is 0 Å². The quantitative estimate of drug-likeness (QED) is 0.630. The van der Waals surface area contributed by atoms with Crippen LogP contribution in [0.2, 0.25) is 0 Å². The summed E-state index contributed by atoms with van der Waals surface area (Å²) in [4.78, 5) is 12.2. The van der Waals surface area contributed by atoms with E-state index in [1.165, 1.54) is 22.9 Å². The van der Waals surface area contributed by atoms with Gasteiger partial charge in [-0.05, 0) is 35.4 Å². The second kappa shape index (κ2) is 8.09. The fourth-order valence-corrected chi connectivity index (χ4v) is 3.71. The number of aryl methyl sites for hydroxylation is 1. The maximum atomic E-state index is 12.2. The lowest BCUT2D eigenvalue weighted by Crippen LogP contribution is -2.25. The highest BCUT2D eigenvalue weighted by Crippen LogP contribution is 2.24. The van der Waals surface area contributed by atoms with E-state index in [0.29, 0.717) is 11.6 Å². The standard InChI is InChI=1S/C22H25N3OS/c1-15-5-7-16(8-6-15)13-19-20(26)24-21(27-19)25-23-14-17-9-11-18(12-10-17)22(2,3)4/h5-12,14,19H,13H2,1-4H3,(H,24,25,26)/b23-14+. The molecule has 0 saturated carbocycles. The Morgan fingerprint density at radius 3 is 2.37 bits per heavy atom. The van der Waals surface area contributed by atoms with Crippen LogP contribution >= 0.6 is 11.8 Å². The number of nitrogens with one attached hydrogen (secondary N) is 1. The molecule has 0 spiro atoms. The third-order valence-corrected chi connectivity index (χ3v) is 5.52. The van der Waals surface area contributed by atoms with Crippen molar-refractivity contribution < 1.29 is 4.79 Å². The number of benzene rings is 2. The zero-order valence-corrected chi connectivity index (χ0v) is 17.0. The largest absolute Gasteiger partial charge is 0.303 e.